The molecule has 0 aromatic carbocycles. The van der Waals surface area contributed by atoms with Crippen LogP contribution in [0.2, 0.25) is 0 Å². The Kier molecular flexibility index (Phi) is 49.6. The summed E-state index contributed by atoms with van der Waals surface area (Å²) < 4.78 is 5.44. The SMILES string of the molecule is CCCCCCCCCCCCCCCCCC/C=C/C(O)C(CO)NC(=O)CCCCCC/C=C\CCCCOC(=O)CCCCCCCCCCCCCCCCCC. The van der Waals surface area contributed by atoms with E-state index < -0.39 is 12.1 Å². The van der Waals surface area contributed by atoms with Crippen molar-refractivity contribution in [1.29, 1.82) is 0 Å². The predicted octanol–water partition coefficient (Wildman–Crippen LogP) is 16.3. The van der Waals surface area contributed by atoms with Gasteiger partial charge in [-0.1, -0.05) is 244 Å². The normalized spacial score (nSPS) is 12.8. The van der Waals surface area contributed by atoms with Crippen molar-refractivity contribution in [2.45, 2.75) is 302 Å². The lowest BCUT2D eigenvalue weighted by Crippen LogP contribution is -2.45. The summed E-state index contributed by atoms with van der Waals surface area (Å²) in [6.45, 7) is 4.83. The maximum absolute atomic E-state index is 12.4. The Morgan fingerprint density at radius 3 is 1.16 bits per heavy atom. The zero-order chi connectivity index (χ0) is 44.4. The van der Waals surface area contributed by atoms with E-state index in [2.05, 4.69) is 31.3 Å². The summed E-state index contributed by atoms with van der Waals surface area (Å²) in [5.41, 5.74) is 0. The Hall–Kier alpha value is -1.66. The molecule has 0 aromatic rings. The standard InChI is InChI=1S/C55H105NO5/c1-3-5-7-9-11-13-15-17-19-21-22-23-25-27-31-35-39-43-47-53(58)52(51-57)56-54(59)48-44-40-36-32-29-30-34-38-42-46-50-61-55(60)49-45-41-37-33-28-26-24-20-18-16-14-12-10-8-6-4-2/h30,34,43,47,52-53,57-58H,3-29,31-33,35-42,44-46,48-51H2,1-2H3,(H,56,59)/b34-30-,47-43+. The van der Waals surface area contributed by atoms with Gasteiger partial charge in [0.1, 0.15) is 0 Å². The summed E-state index contributed by atoms with van der Waals surface area (Å²) >= 11 is 0. The highest BCUT2D eigenvalue weighted by atomic mass is 16.5. The van der Waals surface area contributed by atoms with E-state index in [0.717, 1.165) is 77.0 Å². The molecule has 61 heavy (non-hydrogen) atoms. The third kappa shape index (κ3) is 47.7. The van der Waals surface area contributed by atoms with Crippen molar-refractivity contribution in [3.8, 4) is 0 Å². The van der Waals surface area contributed by atoms with Crippen molar-refractivity contribution in [2.75, 3.05) is 13.2 Å². The highest BCUT2D eigenvalue weighted by molar-refractivity contribution is 5.76. The lowest BCUT2D eigenvalue weighted by Gasteiger charge is -2.20. The minimum atomic E-state index is -0.866. The van der Waals surface area contributed by atoms with E-state index in [1.165, 1.54) is 186 Å². The minimum absolute atomic E-state index is 0.0348. The second-order valence-corrected chi connectivity index (χ2v) is 18.6. The number of unbranched alkanes of at least 4 members (excludes halogenated alkanes) is 37. The summed E-state index contributed by atoms with van der Waals surface area (Å²) in [5, 5.41) is 23.1. The average Bonchev–Trinajstić information content (AvgIpc) is 3.26. The summed E-state index contributed by atoms with van der Waals surface area (Å²) in [4.78, 5) is 24.5. The molecular weight excluding hydrogens is 755 g/mol. The van der Waals surface area contributed by atoms with Crippen molar-refractivity contribution in [2.24, 2.45) is 0 Å². The minimum Gasteiger partial charge on any atom is -0.466 e. The molecule has 0 radical (unpaired) electrons. The number of aliphatic hydroxyl groups is 2. The first kappa shape index (κ1) is 59.3. The molecule has 0 aliphatic heterocycles. The Morgan fingerprint density at radius 2 is 0.770 bits per heavy atom. The van der Waals surface area contributed by atoms with Crippen LogP contribution in [-0.4, -0.2) is 47.4 Å². The lowest BCUT2D eigenvalue weighted by molar-refractivity contribution is -0.143. The maximum Gasteiger partial charge on any atom is 0.305 e. The molecule has 1 amide bonds. The number of carbonyl (C=O) groups excluding carboxylic acids is 2. The summed E-state index contributed by atoms with van der Waals surface area (Å²) in [6, 6.07) is -0.653. The number of ether oxygens (including phenoxy) is 1. The van der Waals surface area contributed by atoms with E-state index in [9.17, 15) is 19.8 Å². The number of allylic oxidation sites excluding steroid dienone is 3. The number of esters is 1. The van der Waals surface area contributed by atoms with Gasteiger partial charge in [0, 0.05) is 12.8 Å². The summed E-state index contributed by atoms with van der Waals surface area (Å²) in [6.07, 6.45) is 60.5. The summed E-state index contributed by atoms with van der Waals surface area (Å²) in [5.74, 6) is -0.137. The molecule has 0 saturated carbocycles. The Morgan fingerprint density at radius 1 is 0.443 bits per heavy atom. The van der Waals surface area contributed by atoms with Crippen molar-refractivity contribution >= 4 is 11.9 Å². The first-order valence-electron chi connectivity index (χ1n) is 27.1. The van der Waals surface area contributed by atoms with Crippen LogP contribution in [0.15, 0.2) is 24.3 Å². The highest BCUT2D eigenvalue weighted by Crippen LogP contribution is 2.16. The van der Waals surface area contributed by atoms with Gasteiger partial charge in [-0.3, -0.25) is 9.59 Å². The van der Waals surface area contributed by atoms with Crippen LogP contribution in [0.4, 0.5) is 0 Å². The van der Waals surface area contributed by atoms with Crippen molar-refractivity contribution < 1.29 is 24.5 Å². The van der Waals surface area contributed by atoms with Gasteiger partial charge >= 0.3 is 5.97 Å². The third-order valence-corrected chi connectivity index (χ3v) is 12.5. The number of hydrogen-bond donors (Lipinski definition) is 3. The van der Waals surface area contributed by atoms with Crippen LogP contribution >= 0.6 is 0 Å². The van der Waals surface area contributed by atoms with Crippen LogP contribution in [0.5, 0.6) is 0 Å². The molecule has 6 nitrogen and oxygen atoms in total. The second kappa shape index (κ2) is 51.0. The van der Waals surface area contributed by atoms with E-state index in [-0.39, 0.29) is 18.5 Å². The average molecular weight is 860 g/mol. The number of hydrogen-bond acceptors (Lipinski definition) is 5. The fraction of sp³-hybridized carbons (Fsp3) is 0.891. The van der Waals surface area contributed by atoms with Crippen molar-refractivity contribution in [3.05, 3.63) is 24.3 Å². The third-order valence-electron chi connectivity index (χ3n) is 12.5. The van der Waals surface area contributed by atoms with Crippen molar-refractivity contribution in [1.82, 2.24) is 5.32 Å². The molecule has 0 heterocycles. The van der Waals surface area contributed by atoms with Crippen LogP contribution in [0.25, 0.3) is 0 Å². The molecule has 0 fully saturated rings. The van der Waals surface area contributed by atoms with Crippen LogP contribution in [0, 0.1) is 0 Å². The molecule has 0 aliphatic rings. The molecule has 0 bridgehead atoms. The number of nitrogens with one attached hydrogen (secondary N) is 1. The number of aliphatic hydroxyl groups excluding tert-OH is 2. The predicted molar refractivity (Wildman–Crippen MR) is 264 cm³/mol. The molecule has 6 heteroatoms. The van der Waals surface area contributed by atoms with E-state index in [1.807, 2.05) is 6.08 Å². The first-order valence-corrected chi connectivity index (χ1v) is 27.1. The molecule has 3 N–H and O–H groups in total. The molecule has 2 unspecified atom stereocenters. The molecule has 0 spiro atoms. The van der Waals surface area contributed by atoms with Gasteiger partial charge in [0.05, 0.1) is 25.4 Å². The molecule has 0 rings (SSSR count). The summed E-state index contributed by atoms with van der Waals surface area (Å²) in [7, 11) is 0. The Bertz CT molecular complexity index is 951. The molecule has 0 aromatic heterocycles. The van der Waals surface area contributed by atoms with Gasteiger partial charge in [0.25, 0.3) is 0 Å². The molecular formula is C55H105NO5. The van der Waals surface area contributed by atoms with Crippen LogP contribution in [-0.2, 0) is 14.3 Å². The van der Waals surface area contributed by atoms with Crippen LogP contribution in [0.3, 0.4) is 0 Å². The smallest absolute Gasteiger partial charge is 0.305 e. The van der Waals surface area contributed by atoms with E-state index in [1.54, 1.807) is 6.08 Å². The molecule has 0 aliphatic carbocycles. The monoisotopic (exact) mass is 860 g/mol. The molecule has 2 atom stereocenters. The zero-order valence-corrected chi connectivity index (χ0v) is 40.9. The van der Waals surface area contributed by atoms with E-state index >= 15 is 0 Å². The highest BCUT2D eigenvalue weighted by Gasteiger charge is 2.18. The van der Waals surface area contributed by atoms with Crippen LogP contribution < -0.4 is 5.32 Å². The van der Waals surface area contributed by atoms with Gasteiger partial charge < -0.3 is 20.3 Å². The largest absolute Gasteiger partial charge is 0.466 e. The first-order chi connectivity index (χ1) is 30.0. The van der Waals surface area contributed by atoms with Gasteiger partial charge in [-0.25, -0.2) is 0 Å². The van der Waals surface area contributed by atoms with E-state index in [0.29, 0.717) is 19.4 Å². The Labute approximate surface area is 380 Å². The van der Waals surface area contributed by atoms with Gasteiger partial charge in [-0.15, -0.1) is 0 Å². The number of rotatable bonds is 50. The fourth-order valence-corrected chi connectivity index (χ4v) is 8.27. The molecule has 0 saturated heterocycles. The second-order valence-electron chi connectivity index (χ2n) is 18.6. The van der Waals surface area contributed by atoms with E-state index in [4.69, 9.17) is 4.74 Å². The van der Waals surface area contributed by atoms with Gasteiger partial charge in [-0.2, -0.15) is 0 Å². The zero-order valence-electron chi connectivity index (χ0n) is 40.9. The number of amides is 1. The fourth-order valence-electron chi connectivity index (χ4n) is 8.27. The van der Waals surface area contributed by atoms with Gasteiger partial charge in [-0.05, 0) is 57.8 Å². The van der Waals surface area contributed by atoms with Gasteiger partial charge in [0.15, 0.2) is 0 Å². The Balaban J connectivity index is 3.54. The van der Waals surface area contributed by atoms with Crippen molar-refractivity contribution in [3.63, 3.8) is 0 Å². The number of carbonyl (C=O) groups is 2. The maximum atomic E-state index is 12.4. The quantitative estimate of drug-likeness (QED) is 0.0322. The van der Waals surface area contributed by atoms with Gasteiger partial charge in [0.2, 0.25) is 5.91 Å². The van der Waals surface area contributed by atoms with Crippen LogP contribution in [0.1, 0.15) is 290 Å². The molecule has 360 valence electrons. The topological polar surface area (TPSA) is 95.9 Å². The lowest BCUT2D eigenvalue weighted by atomic mass is 10.0.